The lowest BCUT2D eigenvalue weighted by Gasteiger charge is -2.30. The Morgan fingerprint density at radius 1 is 1.16 bits per heavy atom. The predicted molar refractivity (Wildman–Crippen MR) is 90.8 cm³/mol. The van der Waals surface area contributed by atoms with Crippen LogP contribution in [0.5, 0.6) is 0 Å². The summed E-state index contributed by atoms with van der Waals surface area (Å²) in [6.07, 6.45) is -3.77. The van der Waals surface area contributed by atoms with Crippen LogP contribution in [0.1, 0.15) is 37.9 Å². The van der Waals surface area contributed by atoms with Gasteiger partial charge in [-0.15, -0.1) is 0 Å². The summed E-state index contributed by atoms with van der Waals surface area (Å²) in [7, 11) is 0. The van der Waals surface area contributed by atoms with E-state index in [2.05, 4.69) is 5.43 Å². The summed E-state index contributed by atoms with van der Waals surface area (Å²) in [5, 5.41) is 2.42. The SMILES string of the molecule is CCc1cccc2c([C@H](N3CC(C)(C)C(=O)N3)C(F)(F)F)cccc12. The van der Waals surface area contributed by atoms with E-state index in [0.29, 0.717) is 5.39 Å². The fraction of sp³-hybridized carbons (Fsp3) is 0.421. The Kier molecular flexibility index (Phi) is 4.27. The van der Waals surface area contributed by atoms with Gasteiger partial charge in [0.2, 0.25) is 5.91 Å². The highest BCUT2D eigenvalue weighted by atomic mass is 19.4. The topological polar surface area (TPSA) is 32.3 Å². The number of hydrogen-bond acceptors (Lipinski definition) is 2. The van der Waals surface area contributed by atoms with Crippen molar-refractivity contribution < 1.29 is 18.0 Å². The molecule has 6 heteroatoms. The third-order valence-electron chi connectivity index (χ3n) is 4.77. The molecule has 1 fully saturated rings. The van der Waals surface area contributed by atoms with Crippen molar-refractivity contribution in [3.05, 3.63) is 47.5 Å². The summed E-state index contributed by atoms with van der Waals surface area (Å²) >= 11 is 0. The van der Waals surface area contributed by atoms with E-state index in [1.54, 1.807) is 32.0 Å². The normalized spacial score (nSPS) is 19.2. The van der Waals surface area contributed by atoms with Crippen molar-refractivity contribution in [3.8, 4) is 0 Å². The van der Waals surface area contributed by atoms with Crippen molar-refractivity contribution in [2.45, 2.75) is 39.4 Å². The number of aryl methyl sites for hydroxylation is 1. The van der Waals surface area contributed by atoms with Crippen LogP contribution < -0.4 is 5.43 Å². The monoisotopic (exact) mass is 350 g/mol. The molecule has 1 atom stereocenters. The summed E-state index contributed by atoms with van der Waals surface area (Å²) in [5.41, 5.74) is 2.73. The number of rotatable bonds is 3. The summed E-state index contributed by atoms with van der Waals surface area (Å²) in [5.74, 6) is -0.392. The predicted octanol–water partition coefficient (Wildman–Crippen LogP) is 4.38. The molecule has 1 amide bonds. The van der Waals surface area contributed by atoms with Gasteiger partial charge < -0.3 is 0 Å². The van der Waals surface area contributed by atoms with Crippen LogP contribution in [0.15, 0.2) is 36.4 Å². The Morgan fingerprint density at radius 2 is 1.80 bits per heavy atom. The number of carbonyl (C=O) groups excluding carboxylic acids is 1. The number of alkyl halides is 3. The summed E-state index contributed by atoms with van der Waals surface area (Å²) in [4.78, 5) is 12.0. The van der Waals surface area contributed by atoms with Crippen molar-refractivity contribution in [1.29, 1.82) is 0 Å². The summed E-state index contributed by atoms with van der Waals surface area (Å²) < 4.78 is 41.9. The fourth-order valence-corrected chi connectivity index (χ4v) is 3.44. The van der Waals surface area contributed by atoms with Crippen LogP contribution >= 0.6 is 0 Å². The largest absolute Gasteiger partial charge is 0.409 e. The number of nitrogens with one attached hydrogen (secondary N) is 1. The second-order valence-corrected chi connectivity index (χ2v) is 7.11. The highest BCUT2D eigenvalue weighted by Gasteiger charge is 2.51. The molecule has 0 radical (unpaired) electrons. The second kappa shape index (κ2) is 6.02. The maximum absolute atomic E-state index is 14.0. The fourth-order valence-electron chi connectivity index (χ4n) is 3.44. The van der Waals surface area contributed by atoms with Gasteiger partial charge in [0.15, 0.2) is 6.04 Å². The van der Waals surface area contributed by atoms with Crippen LogP contribution in [0.25, 0.3) is 10.8 Å². The lowest BCUT2D eigenvalue weighted by Crippen LogP contribution is -2.43. The average molecular weight is 350 g/mol. The van der Waals surface area contributed by atoms with E-state index >= 15 is 0 Å². The van der Waals surface area contributed by atoms with E-state index < -0.39 is 23.5 Å². The highest BCUT2D eigenvalue weighted by molar-refractivity contribution is 5.89. The quantitative estimate of drug-likeness (QED) is 0.891. The average Bonchev–Trinajstić information content (AvgIpc) is 2.78. The maximum atomic E-state index is 14.0. The van der Waals surface area contributed by atoms with Crippen molar-refractivity contribution in [3.63, 3.8) is 0 Å². The molecule has 0 unspecified atom stereocenters. The second-order valence-electron chi connectivity index (χ2n) is 7.11. The van der Waals surface area contributed by atoms with Crippen LogP contribution in [-0.4, -0.2) is 23.6 Å². The van der Waals surface area contributed by atoms with Gasteiger partial charge in [-0.25, -0.2) is 5.01 Å². The molecule has 1 aliphatic rings. The molecular formula is C19H21F3N2O. The molecule has 25 heavy (non-hydrogen) atoms. The number of fused-ring (bicyclic) bond motifs is 1. The number of hydrogen-bond donors (Lipinski definition) is 1. The van der Waals surface area contributed by atoms with Crippen LogP contribution in [-0.2, 0) is 11.2 Å². The minimum Gasteiger partial charge on any atom is -0.287 e. The molecule has 3 rings (SSSR count). The molecule has 0 saturated carbocycles. The molecule has 1 aliphatic heterocycles. The molecule has 3 nitrogen and oxygen atoms in total. The first kappa shape index (κ1) is 17.7. The molecule has 134 valence electrons. The zero-order chi connectivity index (χ0) is 18.4. The van der Waals surface area contributed by atoms with Gasteiger partial charge in [-0.1, -0.05) is 43.3 Å². The molecule has 0 spiro atoms. The Labute approximate surface area is 144 Å². The maximum Gasteiger partial charge on any atom is 0.409 e. The molecule has 0 aromatic heterocycles. The van der Waals surface area contributed by atoms with Crippen LogP contribution in [0.2, 0.25) is 0 Å². The number of hydrazine groups is 1. The minimum absolute atomic E-state index is 0.000133. The third kappa shape index (κ3) is 3.11. The van der Waals surface area contributed by atoms with E-state index in [1.165, 1.54) is 6.07 Å². The lowest BCUT2D eigenvalue weighted by atomic mass is 9.92. The molecular weight excluding hydrogens is 329 g/mol. The standard InChI is InChI=1S/C19H21F3N2O/c1-4-12-7-5-9-14-13(12)8-6-10-15(14)16(19(20,21)22)24-11-18(2,3)17(25)23-24/h5-10,16H,4,11H2,1-3H3,(H,23,25)/t16-/m0/s1. The molecule has 1 saturated heterocycles. The van der Waals surface area contributed by atoms with Gasteiger partial charge in [-0.3, -0.25) is 10.2 Å². The molecule has 2 aromatic rings. The van der Waals surface area contributed by atoms with E-state index in [1.807, 2.05) is 19.1 Å². The highest BCUT2D eigenvalue weighted by Crippen LogP contribution is 2.43. The number of benzene rings is 2. The summed E-state index contributed by atoms with van der Waals surface area (Å²) in [6.45, 7) is 5.27. The first-order valence-corrected chi connectivity index (χ1v) is 8.30. The first-order valence-electron chi connectivity index (χ1n) is 8.30. The first-order chi connectivity index (χ1) is 11.6. The number of amides is 1. The summed E-state index contributed by atoms with van der Waals surface area (Å²) in [6, 6.07) is 8.54. The van der Waals surface area contributed by atoms with Gasteiger partial charge in [0.05, 0.1) is 5.41 Å². The minimum atomic E-state index is -4.51. The molecule has 0 bridgehead atoms. The number of carbonyl (C=O) groups is 1. The van der Waals surface area contributed by atoms with E-state index in [9.17, 15) is 18.0 Å². The van der Waals surface area contributed by atoms with Crippen molar-refractivity contribution >= 4 is 16.7 Å². The Hall–Kier alpha value is -2.08. The van der Waals surface area contributed by atoms with E-state index in [0.717, 1.165) is 22.4 Å². The zero-order valence-electron chi connectivity index (χ0n) is 14.4. The van der Waals surface area contributed by atoms with Crippen LogP contribution in [0.4, 0.5) is 13.2 Å². The molecule has 2 aromatic carbocycles. The zero-order valence-corrected chi connectivity index (χ0v) is 14.4. The van der Waals surface area contributed by atoms with Gasteiger partial charge in [-0.2, -0.15) is 13.2 Å². The van der Waals surface area contributed by atoms with Crippen molar-refractivity contribution in [1.82, 2.24) is 10.4 Å². The van der Waals surface area contributed by atoms with Crippen LogP contribution in [0, 0.1) is 5.41 Å². The van der Waals surface area contributed by atoms with Crippen molar-refractivity contribution in [2.75, 3.05) is 6.54 Å². The van der Waals surface area contributed by atoms with Gasteiger partial charge in [0.25, 0.3) is 0 Å². The van der Waals surface area contributed by atoms with Crippen molar-refractivity contribution in [2.24, 2.45) is 5.41 Å². The van der Waals surface area contributed by atoms with Gasteiger partial charge >= 0.3 is 6.18 Å². The smallest absolute Gasteiger partial charge is 0.287 e. The lowest BCUT2D eigenvalue weighted by molar-refractivity contribution is -0.191. The Balaban J connectivity index is 2.16. The van der Waals surface area contributed by atoms with E-state index in [-0.39, 0.29) is 12.1 Å². The molecule has 0 aliphatic carbocycles. The molecule has 1 N–H and O–H groups in total. The molecule has 1 heterocycles. The van der Waals surface area contributed by atoms with Gasteiger partial charge in [-0.05, 0) is 42.2 Å². The third-order valence-corrected chi connectivity index (χ3v) is 4.77. The van der Waals surface area contributed by atoms with Crippen LogP contribution in [0.3, 0.4) is 0 Å². The van der Waals surface area contributed by atoms with Gasteiger partial charge in [0, 0.05) is 6.54 Å². The Morgan fingerprint density at radius 3 is 2.36 bits per heavy atom. The van der Waals surface area contributed by atoms with E-state index in [4.69, 9.17) is 0 Å². The number of halogens is 3. The van der Waals surface area contributed by atoms with Gasteiger partial charge in [0.1, 0.15) is 0 Å². The Bertz CT molecular complexity index is 814. The number of nitrogens with zero attached hydrogens (tertiary/aromatic N) is 1.